The second-order valence-corrected chi connectivity index (χ2v) is 6.12. The third-order valence-corrected chi connectivity index (χ3v) is 3.72. The Kier molecular flexibility index (Phi) is 4.42. The third kappa shape index (κ3) is 3.88. The van der Waals surface area contributed by atoms with Crippen LogP contribution in [0.15, 0.2) is 18.3 Å². The molecule has 0 saturated heterocycles. The van der Waals surface area contributed by atoms with Gasteiger partial charge >= 0.3 is 0 Å². The van der Waals surface area contributed by atoms with Crippen molar-refractivity contribution < 1.29 is 0 Å². The van der Waals surface area contributed by atoms with E-state index in [1.807, 2.05) is 12.3 Å². The molecular weight excluding hydrogens is 232 g/mol. The van der Waals surface area contributed by atoms with Crippen molar-refractivity contribution in [3.8, 4) is 0 Å². The average Bonchev–Trinajstić information content (AvgIpc) is 2.28. The molecule has 0 aliphatic rings. The monoisotopic (exact) mass is 254 g/mol. The van der Waals surface area contributed by atoms with E-state index in [9.17, 15) is 0 Å². The van der Waals surface area contributed by atoms with E-state index >= 15 is 0 Å². The summed E-state index contributed by atoms with van der Waals surface area (Å²) >= 11 is 5.97. The first-order valence-electron chi connectivity index (χ1n) is 6.11. The highest BCUT2D eigenvalue weighted by Crippen LogP contribution is 2.23. The molecule has 0 aliphatic heterocycles. The number of nitrogens with zero attached hydrogens (tertiary/aromatic N) is 1. The van der Waals surface area contributed by atoms with Gasteiger partial charge in [-0.1, -0.05) is 33.8 Å². The molecule has 1 aromatic heterocycles. The average molecular weight is 255 g/mol. The van der Waals surface area contributed by atoms with Gasteiger partial charge in [0.25, 0.3) is 0 Å². The SMILES string of the molecule is CCC(C)(CCl)Nc1ccc(C(C)(C)C)cn1. The number of rotatable bonds is 4. The Morgan fingerprint density at radius 1 is 1.24 bits per heavy atom. The lowest BCUT2D eigenvalue weighted by Crippen LogP contribution is -2.36. The normalized spacial score (nSPS) is 15.4. The molecule has 0 radical (unpaired) electrons. The lowest BCUT2D eigenvalue weighted by molar-refractivity contribution is 0.550. The predicted octanol–water partition coefficient (Wildman–Crippen LogP) is 4.20. The summed E-state index contributed by atoms with van der Waals surface area (Å²) in [5.41, 5.74) is 1.30. The molecule has 0 bridgehead atoms. The van der Waals surface area contributed by atoms with Crippen molar-refractivity contribution in [2.75, 3.05) is 11.2 Å². The third-order valence-electron chi connectivity index (χ3n) is 3.13. The predicted molar refractivity (Wildman–Crippen MR) is 76.0 cm³/mol. The number of pyridine rings is 1. The van der Waals surface area contributed by atoms with Crippen LogP contribution in [0.2, 0.25) is 0 Å². The molecule has 1 N–H and O–H groups in total. The summed E-state index contributed by atoms with van der Waals surface area (Å²) in [5, 5.41) is 3.39. The van der Waals surface area contributed by atoms with Gasteiger partial charge in [0.2, 0.25) is 0 Å². The molecule has 17 heavy (non-hydrogen) atoms. The van der Waals surface area contributed by atoms with E-state index < -0.39 is 0 Å². The van der Waals surface area contributed by atoms with Crippen molar-refractivity contribution in [1.82, 2.24) is 4.98 Å². The van der Waals surface area contributed by atoms with Crippen molar-refractivity contribution in [1.29, 1.82) is 0 Å². The number of anilines is 1. The van der Waals surface area contributed by atoms with E-state index in [0.717, 1.165) is 12.2 Å². The standard InChI is InChI=1S/C14H23ClN2/c1-6-14(5,10-15)17-12-8-7-11(9-16-12)13(2,3)4/h7-9H,6,10H2,1-5H3,(H,16,17). The largest absolute Gasteiger partial charge is 0.364 e. The molecule has 0 aromatic carbocycles. The van der Waals surface area contributed by atoms with Crippen molar-refractivity contribution in [2.45, 2.75) is 52.0 Å². The van der Waals surface area contributed by atoms with E-state index in [1.54, 1.807) is 0 Å². The van der Waals surface area contributed by atoms with Gasteiger partial charge < -0.3 is 5.32 Å². The summed E-state index contributed by atoms with van der Waals surface area (Å²) in [7, 11) is 0. The first kappa shape index (κ1) is 14.3. The van der Waals surface area contributed by atoms with Crippen LogP contribution < -0.4 is 5.32 Å². The zero-order valence-electron chi connectivity index (χ0n) is 11.5. The van der Waals surface area contributed by atoms with E-state index in [2.05, 4.69) is 51.0 Å². The molecule has 1 atom stereocenters. The molecular formula is C14H23ClN2. The minimum absolute atomic E-state index is 0.0855. The fourth-order valence-corrected chi connectivity index (χ4v) is 1.69. The van der Waals surface area contributed by atoms with Gasteiger partial charge in [0.1, 0.15) is 5.82 Å². The van der Waals surface area contributed by atoms with E-state index in [0.29, 0.717) is 5.88 Å². The fraction of sp³-hybridized carbons (Fsp3) is 0.643. The smallest absolute Gasteiger partial charge is 0.126 e. The molecule has 1 heterocycles. The van der Waals surface area contributed by atoms with Crippen molar-refractivity contribution in [3.05, 3.63) is 23.9 Å². The lowest BCUT2D eigenvalue weighted by Gasteiger charge is -2.28. The van der Waals surface area contributed by atoms with Crippen LogP contribution in [0.5, 0.6) is 0 Å². The maximum Gasteiger partial charge on any atom is 0.126 e. The van der Waals surface area contributed by atoms with Gasteiger partial charge in [-0.15, -0.1) is 11.6 Å². The fourth-order valence-electron chi connectivity index (χ4n) is 1.44. The molecule has 1 rings (SSSR count). The van der Waals surface area contributed by atoms with Crippen LogP contribution in [0.4, 0.5) is 5.82 Å². The Bertz CT molecular complexity index is 347. The molecule has 1 unspecified atom stereocenters. The highest BCUT2D eigenvalue weighted by Gasteiger charge is 2.21. The summed E-state index contributed by atoms with van der Waals surface area (Å²) in [6.45, 7) is 10.8. The highest BCUT2D eigenvalue weighted by molar-refractivity contribution is 6.18. The Morgan fingerprint density at radius 2 is 1.88 bits per heavy atom. The minimum Gasteiger partial charge on any atom is -0.364 e. The Labute approximate surface area is 110 Å². The first-order valence-corrected chi connectivity index (χ1v) is 6.65. The van der Waals surface area contributed by atoms with Crippen molar-refractivity contribution in [2.24, 2.45) is 0 Å². The van der Waals surface area contributed by atoms with Crippen LogP contribution in [-0.4, -0.2) is 16.4 Å². The van der Waals surface area contributed by atoms with Crippen LogP contribution in [0.25, 0.3) is 0 Å². The van der Waals surface area contributed by atoms with Gasteiger partial charge in [0.15, 0.2) is 0 Å². The number of aromatic nitrogens is 1. The second-order valence-electron chi connectivity index (χ2n) is 5.85. The zero-order valence-corrected chi connectivity index (χ0v) is 12.2. The van der Waals surface area contributed by atoms with Gasteiger partial charge in [-0.05, 0) is 30.4 Å². The molecule has 1 aromatic rings. The molecule has 2 nitrogen and oxygen atoms in total. The van der Waals surface area contributed by atoms with Crippen LogP contribution in [0.1, 0.15) is 46.6 Å². The molecule has 0 amide bonds. The minimum atomic E-state index is -0.0855. The zero-order chi connectivity index (χ0) is 13.1. The molecule has 96 valence electrons. The molecule has 3 heteroatoms. The molecule has 0 spiro atoms. The topological polar surface area (TPSA) is 24.9 Å². The van der Waals surface area contributed by atoms with Crippen molar-refractivity contribution in [3.63, 3.8) is 0 Å². The lowest BCUT2D eigenvalue weighted by atomic mass is 9.88. The Hall–Kier alpha value is -0.760. The number of nitrogens with one attached hydrogen (secondary N) is 1. The highest BCUT2D eigenvalue weighted by atomic mass is 35.5. The number of alkyl halides is 1. The quantitative estimate of drug-likeness (QED) is 0.815. The second kappa shape index (κ2) is 5.26. The van der Waals surface area contributed by atoms with Gasteiger partial charge in [0, 0.05) is 17.6 Å². The maximum absolute atomic E-state index is 5.97. The number of halogens is 1. The van der Waals surface area contributed by atoms with E-state index in [4.69, 9.17) is 11.6 Å². The van der Waals surface area contributed by atoms with Gasteiger partial charge in [0.05, 0.1) is 0 Å². The van der Waals surface area contributed by atoms with Gasteiger partial charge in [-0.2, -0.15) is 0 Å². The summed E-state index contributed by atoms with van der Waals surface area (Å²) in [6.07, 6.45) is 2.91. The van der Waals surface area contributed by atoms with Crippen LogP contribution in [0.3, 0.4) is 0 Å². The van der Waals surface area contributed by atoms with Gasteiger partial charge in [-0.25, -0.2) is 4.98 Å². The van der Waals surface area contributed by atoms with E-state index in [-0.39, 0.29) is 11.0 Å². The molecule has 0 fully saturated rings. The Balaban J connectivity index is 2.82. The van der Waals surface area contributed by atoms with Crippen LogP contribution >= 0.6 is 11.6 Å². The van der Waals surface area contributed by atoms with Crippen LogP contribution in [0, 0.1) is 0 Å². The summed E-state index contributed by atoms with van der Waals surface area (Å²) in [6, 6.07) is 4.15. The van der Waals surface area contributed by atoms with Crippen molar-refractivity contribution >= 4 is 17.4 Å². The Morgan fingerprint density at radius 3 is 2.24 bits per heavy atom. The number of hydrogen-bond donors (Lipinski definition) is 1. The van der Waals surface area contributed by atoms with Crippen LogP contribution in [-0.2, 0) is 5.41 Å². The number of hydrogen-bond acceptors (Lipinski definition) is 2. The summed E-state index contributed by atoms with van der Waals surface area (Å²) in [4.78, 5) is 4.46. The van der Waals surface area contributed by atoms with E-state index in [1.165, 1.54) is 5.56 Å². The first-order chi connectivity index (χ1) is 7.80. The maximum atomic E-state index is 5.97. The molecule has 0 aliphatic carbocycles. The summed E-state index contributed by atoms with van der Waals surface area (Å²) < 4.78 is 0. The van der Waals surface area contributed by atoms with Gasteiger partial charge in [-0.3, -0.25) is 0 Å². The molecule has 0 saturated carbocycles. The summed E-state index contributed by atoms with van der Waals surface area (Å²) in [5.74, 6) is 1.47.